The fourth-order valence-corrected chi connectivity index (χ4v) is 4.39. The number of nitrogens with zero attached hydrogens (tertiary/aromatic N) is 2. The number of hydrogen-bond donors (Lipinski definition) is 1. The molecule has 3 aromatic rings. The number of amides is 1. The van der Waals surface area contributed by atoms with Crippen LogP contribution in [0.25, 0.3) is 11.3 Å². The van der Waals surface area contributed by atoms with Crippen molar-refractivity contribution in [2.24, 2.45) is 7.05 Å². The molecule has 0 spiro atoms. The molecule has 4 rings (SSSR count). The largest absolute Gasteiger partial charge is 0.321 e. The van der Waals surface area contributed by atoms with E-state index in [1.807, 2.05) is 36.9 Å². The fourth-order valence-electron chi connectivity index (χ4n) is 3.34. The van der Waals surface area contributed by atoms with Crippen molar-refractivity contribution in [3.05, 3.63) is 64.3 Å². The summed E-state index contributed by atoms with van der Waals surface area (Å²) in [7, 11) is 1.91. The zero-order chi connectivity index (χ0) is 18.4. The molecule has 0 bridgehead atoms. The third-order valence-corrected chi connectivity index (χ3v) is 5.99. The first kappa shape index (κ1) is 16.9. The van der Waals surface area contributed by atoms with Crippen LogP contribution in [-0.4, -0.2) is 15.7 Å². The van der Waals surface area contributed by atoms with Gasteiger partial charge in [0.25, 0.3) is 5.91 Å². The molecule has 2 heterocycles. The topological polar surface area (TPSA) is 46.9 Å². The number of benzene rings is 2. The van der Waals surface area contributed by atoms with Crippen molar-refractivity contribution in [1.29, 1.82) is 0 Å². The van der Waals surface area contributed by atoms with Gasteiger partial charge in [-0.15, -0.1) is 11.8 Å². The summed E-state index contributed by atoms with van der Waals surface area (Å²) in [4.78, 5) is 14.1. The minimum Gasteiger partial charge on any atom is -0.321 e. The second-order valence-corrected chi connectivity index (χ2v) is 7.86. The van der Waals surface area contributed by atoms with Crippen molar-refractivity contribution in [3.8, 4) is 11.3 Å². The van der Waals surface area contributed by atoms with Crippen molar-refractivity contribution in [3.63, 3.8) is 0 Å². The van der Waals surface area contributed by atoms with Gasteiger partial charge in [-0.1, -0.05) is 17.7 Å². The molecule has 0 atom stereocenters. The number of carbonyl (C=O) groups excluding carboxylic acids is 1. The smallest absolute Gasteiger partial charge is 0.276 e. The molecular formula is C21H21N3OS. The lowest BCUT2D eigenvalue weighted by Gasteiger charge is -2.18. The van der Waals surface area contributed by atoms with E-state index < -0.39 is 0 Å². The van der Waals surface area contributed by atoms with Crippen LogP contribution in [0, 0.1) is 20.8 Å². The minimum atomic E-state index is -0.151. The molecule has 26 heavy (non-hydrogen) atoms. The van der Waals surface area contributed by atoms with Crippen molar-refractivity contribution < 1.29 is 4.79 Å². The highest BCUT2D eigenvalue weighted by Gasteiger charge is 2.27. The number of hydrogen-bond acceptors (Lipinski definition) is 3. The summed E-state index contributed by atoms with van der Waals surface area (Å²) >= 11 is 1.76. The van der Waals surface area contributed by atoms with Gasteiger partial charge in [0.1, 0.15) is 0 Å². The van der Waals surface area contributed by atoms with Gasteiger partial charge in [0.15, 0.2) is 5.69 Å². The molecule has 4 nitrogen and oxygen atoms in total. The number of fused-ring (bicyclic) bond motifs is 3. The highest BCUT2D eigenvalue weighted by molar-refractivity contribution is 7.98. The maximum Gasteiger partial charge on any atom is 0.276 e. The van der Waals surface area contributed by atoms with E-state index in [9.17, 15) is 4.79 Å². The molecule has 1 N–H and O–H groups in total. The number of aromatic nitrogens is 2. The molecule has 0 radical (unpaired) electrons. The van der Waals surface area contributed by atoms with Gasteiger partial charge < -0.3 is 5.32 Å². The zero-order valence-electron chi connectivity index (χ0n) is 15.4. The van der Waals surface area contributed by atoms with E-state index in [0.29, 0.717) is 5.69 Å². The number of anilines is 1. The zero-order valence-corrected chi connectivity index (χ0v) is 16.2. The first-order valence-corrected chi connectivity index (χ1v) is 9.61. The van der Waals surface area contributed by atoms with Crippen LogP contribution in [0.5, 0.6) is 0 Å². The van der Waals surface area contributed by atoms with Gasteiger partial charge >= 0.3 is 0 Å². The van der Waals surface area contributed by atoms with E-state index in [-0.39, 0.29) is 5.91 Å². The van der Waals surface area contributed by atoms with Crippen molar-refractivity contribution in [1.82, 2.24) is 9.78 Å². The van der Waals surface area contributed by atoms with Crippen molar-refractivity contribution >= 4 is 23.4 Å². The highest BCUT2D eigenvalue weighted by Crippen LogP contribution is 2.43. The summed E-state index contributed by atoms with van der Waals surface area (Å²) in [5, 5.41) is 7.55. The normalized spacial score (nSPS) is 12.5. The summed E-state index contributed by atoms with van der Waals surface area (Å²) in [6.45, 7) is 6.19. The summed E-state index contributed by atoms with van der Waals surface area (Å²) in [6, 6.07) is 12.4. The molecular weight excluding hydrogens is 342 g/mol. The number of thioether (sulfide) groups is 1. The van der Waals surface area contributed by atoms with Crippen LogP contribution in [-0.2, 0) is 12.8 Å². The lowest BCUT2D eigenvalue weighted by atomic mass is 10.0. The summed E-state index contributed by atoms with van der Waals surface area (Å²) in [5.41, 5.74) is 8.12. The van der Waals surface area contributed by atoms with Crippen LogP contribution in [0.4, 0.5) is 5.69 Å². The average molecular weight is 363 g/mol. The Kier molecular flexibility index (Phi) is 4.11. The molecule has 0 unspecified atom stereocenters. The van der Waals surface area contributed by atoms with Crippen LogP contribution in [0.1, 0.15) is 32.7 Å². The molecule has 1 aliphatic rings. The van der Waals surface area contributed by atoms with Gasteiger partial charge in [-0.25, -0.2) is 0 Å². The molecule has 5 heteroatoms. The Balaban J connectivity index is 1.72. The quantitative estimate of drug-likeness (QED) is 0.706. The Morgan fingerprint density at radius 2 is 1.92 bits per heavy atom. The second-order valence-electron chi connectivity index (χ2n) is 6.84. The molecule has 1 aliphatic heterocycles. The lowest BCUT2D eigenvalue weighted by Crippen LogP contribution is -2.15. The van der Waals surface area contributed by atoms with Gasteiger partial charge in [-0.05, 0) is 56.2 Å². The fraction of sp³-hybridized carbons (Fsp3) is 0.238. The highest BCUT2D eigenvalue weighted by atomic mass is 32.2. The number of nitrogens with one attached hydrogen (secondary N) is 1. The molecule has 132 valence electrons. The molecule has 1 amide bonds. The molecule has 2 aromatic carbocycles. The summed E-state index contributed by atoms with van der Waals surface area (Å²) in [5.74, 6) is 0.608. The first-order chi connectivity index (χ1) is 12.4. The van der Waals surface area contributed by atoms with E-state index >= 15 is 0 Å². The van der Waals surface area contributed by atoms with Gasteiger partial charge in [-0.2, -0.15) is 5.10 Å². The summed E-state index contributed by atoms with van der Waals surface area (Å²) in [6.07, 6.45) is 0. The monoisotopic (exact) mass is 363 g/mol. The third-order valence-electron chi connectivity index (χ3n) is 4.89. The first-order valence-electron chi connectivity index (χ1n) is 8.62. The van der Waals surface area contributed by atoms with Crippen LogP contribution in [0.15, 0.2) is 41.3 Å². The van der Waals surface area contributed by atoms with Gasteiger partial charge in [-0.3, -0.25) is 9.48 Å². The van der Waals surface area contributed by atoms with E-state index in [1.165, 1.54) is 16.0 Å². The van der Waals surface area contributed by atoms with E-state index in [4.69, 9.17) is 0 Å². The maximum absolute atomic E-state index is 12.9. The van der Waals surface area contributed by atoms with Gasteiger partial charge in [0, 0.05) is 34.5 Å². The lowest BCUT2D eigenvalue weighted by molar-refractivity contribution is 0.102. The Bertz CT molecular complexity index is 1040. The van der Waals surface area contributed by atoms with Crippen molar-refractivity contribution in [2.75, 3.05) is 5.32 Å². The van der Waals surface area contributed by atoms with E-state index in [2.05, 4.69) is 42.5 Å². The van der Waals surface area contributed by atoms with Crippen LogP contribution >= 0.6 is 11.8 Å². The third kappa shape index (κ3) is 2.82. The number of aryl methyl sites for hydroxylation is 4. The molecule has 0 aliphatic carbocycles. The molecule has 0 fully saturated rings. The minimum absolute atomic E-state index is 0.151. The predicted octanol–water partition coefficient (Wildman–Crippen LogP) is 4.87. The second kappa shape index (κ2) is 6.32. The van der Waals surface area contributed by atoms with Crippen molar-refractivity contribution in [2.45, 2.75) is 31.4 Å². The summed E-state index contributed by atoms with van der Waals surface area (Å²) < 4.78 is 1.84. The average Bonchev–Trinajstić information content (AvgIpc) is 2.95. The van der Waals surface area contributed by atoms with Gasteiger partial charge in [0.2, 0.25) is 0 Å². The predicted molar refractivity (Wildman–Crippen MR) is 107 cm³/mol. The molecule has 0 saturated heterocycles. The maximum atomic E-state index is 12.9. The Labute approximate surface area is 157 Å². The Morgan fingerprint density at radius 3 is 2.69 bits per heavy atom. The Hall–Kier alpha value is -2.53. The SMILES string of the molecule is Cc1ccc2c(c1)-c1c(c(C(=O)Nc3ccc(C)c(C)c3)nn1C)CS2. The molecule has 1 aromatic heterocycles. The number of carbonyl (C=O) groups is 1. The van der Waals surface area contributed by atoms with Crippen LogP contribution in [0.2, 0.25) is 0 Å². The van der Waals surface area contributed by atoms with Crippen LogP contribution in [0.3, 0.4) is 0 Å². The Morgan fingerprint density at radius 1 is 1.12 bits per heavy atom. The van der Waals surface area contributed by atoms with E-state index in [0.717, 1.165) is 33.8 Å². The molecule has 0 saturated carbocycles. The standard InChI is InChI=1S/C21H21N3OS/c1-12-5-8-18-16(9-12)20-17(11-26-18)19(23-24(20)4)21(25)22-15-7-6-13(2)14(3)10-15/h5-10H,11H2,1-4H3,(H,22,25). The van der Waals surface area contributed by atoms with Crippen LogP contribution < -0.4 is 5.32 Å². The van der Waals surface area contributed by atoms with E-state index in [1.54, 1.807) is 11.8 Å². The number of rotatable bonds is 2. The van der Waals surface area contributed by atoms with Gasteiger partial charge in [0.05, 0.1) is 5.69 Å².